The number of nitrogens with one attached hydrogen (secondary N) is 1. The topological polar surface area (TPSA) is 51.2 Å². The summed E-state index contributed by atoms with van der Waals surface area (Å²) >= 11 is 1.50. The van der Waals surface area contributed by atoms with E-state index in [4.69, 9.17) is 4.74 Å². The number of para-hydroxylation sites is 3. The van der Waals surface area contributed by atoms with Crippen LogP contribution in [0.4, 0.5) is 5.69 Å². The summed E-state index contributed by atoms with van der Waals surface area (Å²) in [5.74, 6) is 1.11. The first-order valence-corrected chi connectivity index (χ1v) is 8.62. The van der Waals surface area contributed by atoms with Gasteiger partial charge in [-0.3, -0.25) is 4.79 Å². The molecule has 0 unspecified atom stereocenters. The molecule has 0 aliphatic rings. The number of amides is 1. The van der Waals surface area contributed by atoms with Gasteiger partial charge in [-0.15, -0.1) is 11.8 Å². The lowest BCUT2D eigenvalue weighted by Gasteiger charge is -2.12. The van der Waals surface area contributed by atoms with Crippen LogP contribution in [0.3, 0.4) is 0 Å². The highest BCUT2D eigenvalue weighted by molar-refractivity contribution is 7.98. The number of nitrogens with zero attached hydrogens (tertiary/aromatic N) is 1. The zero-order valence-corrected chi connectivity index (χ0v) is 13.9. The van der Waals surface area contributed by atoms with Crippen LogP contribution in [0.1, 0.15) is 10.4 Å². The van der Waals surface area contributed by atoms with Crippen LogP contribution in [0.15, 0.2) is 78.0 Å². The maximum Gasteiger partial charge on any atom is 0.255 e. The minimum Gasteiger partial charge on any atom is -0.455 e. The number of hydrogen-bond donors (Lipinski definition) is 1. The molecule has 0 fully saturated rings. The summed E-state index contributed by atoms with van der Waals surface area (Å²) in [6, 6.07) is 20.3. The van der Waals surface area contributed by atoms with Crippen LogP contribution in [-0.2, 0) is 0 Å². The molecule has 1 N–H and O–H groups in total. The van der Waals surface area contributed by atoms with Crippen molar-refractivity contribution in [2.75, 3.05) is 11.6 Å². The van der Waals surface area contributed by atoms with Crippen molar-refractivity contribution in [3.63, 3.8) is 0 Å². The molecule has 2 aromatic carbocycles. The van der Waals surface area contributed by atoms with E-state index in [0.29, 0.717) is 22.7 Å². The van der Waals surface area contributed by atoms with Gasteiger partial charge >= 0.3 is 0 Å². The van der Waals surface area contributed by atoms with Crippen LogP contribution in [0.25, 0.3) is 0 Å². The zero-order valence-electron chi connectivity index (χ0n) is 13.1. The summed E-state index contributed by atoms with van der Waals surface area (Å²) in [4.78, 5) is 16.7. The van der Waals surface area contributed by atoms with Crippen molar-refractivity contribution in [2.45, 2.75) is 5.03 Å². The Hall–Kier alpha value is -2.79. The molecule has 1 amide bonds. The fourth-order valence-electron chi connectivity index (χ4n) is 2.13. The minimum absolute atomic E-state index is 0.197. The summed E-state index contributed by atoms with van der Waals surface area (Å²) in [6.07, 6.45) is 3.56. The average Bonchev–Trinajstić information content (AvgIpc) is 2.64. The van der Waals surface area contributed by atoms with Crippen molar-refractivity contribution >= 4 is 23.4 Å². The Kier molecular flexibility index (Phi) is 5.13. The molecule has 3 rings (SSSR count). The molecule has 1 aromatic heterocycles. The summed E-state index contributed by atoms with van der Waals surface area (Å²) < 4.78 is 5.86. The van der Waals surface area contributed by atoms with Gasteiger partial charge in [0.15, 0.2) is 5.75 Å². The van der Waals surface area contributed by atoms with Crippen molar-refractivity contribution in [1.29, 1.82) is 0 Å². The van der Waals surface area contributed by atoms with Crippen molar-refractivity contribution in [3.8, 4) is 11.5 Å². The number of hydrogen-bond acceptors (Lipinski definition) is 4. The lowest BCUT2D eigenvalue weighted by Crippen LogP contribution is -2.12. The fourth-order valence-corrected chi connectivity index (χ4v) is 2.54. The van der Waals surface area contributed by atoms with Crippen LogP contribution >= 0.6 is 11.8 Å². The van der Waals surface area contributed by atoms with Gasteiger partial charge < -0.3 is 10.1 Å². The van der Waals surface area contributed by atoms with E-state index in [1.165, 1.54) is 11.8 Å². The fraction of sp³-hybridized carbons (Fsp3) is 0.0526. The van der Waals surface area contributed by atoms with Crippen LogP contribution in [0.5, 0.6) is 11.5 Å². The van der Waals surface area contributed by atoms with Crippen molar-refractivity contribution < 1.29 is 9.53 Å². The molecule has 0 aliphatic heterocycles. The van der Waals surface area contributed by atoms with E-state index in [9.17, 15) is 4.79 Å². The summed E-state index contributed by atoms with van der Waals surface area (Å²) in [6.45, 7) is 0. The van der Waals surface area contributed by atoms with Crippen LogP contribution in [-0.4, -0.2) is 17.1 Å². The van der Waals surface area contributed by atoms with Gasteiger partial charge in [-0.25, -0.2) is 4.98 Å². The van der Waals surface area contributed by atoms with Gasteiger partial charge in [-0.05, 0) is 42.7 Å². The normalized spacial score (nSPS) is 10.2. The summed E-state index contributed by atoms with van der Waals surface area (Å²) in [5.41, 5.74) is 1.18. The van der Waals surface area contributed by atoms with E-state index < -0.39 is 0 Å². The molecule has 0 saturated heterocycles. The second kappa shape index (κ2) is 7.66. The Balaban J connectivity index is 1.81. The smallest absolute Gasteiger partial charge is 0.255 e. The van der Waals surface area contributed by atoms with Gasteiger partial charge in [0, 0.05) is 11.8 Å². The number of pyridine rings is 1. The number of benzene rings is 2. The third-order valence-corrected chi connectivity index (χ3v) is 3.95. The number of aromatic nitrogens is 1. The molecule has 0 radical (unpaired) electrons. The second-order valence-electron chi connectivity index (χ2n) is 4.95. The first-order valence-electron chi connectivity index (χ1n) is 7.39. The Bertz CT molecular complexity index is 838. The van der Waals surface area contributed by atoms with Crippen LogP contribution < -0.4 is 10.1 Å². The molecule has 0 saturated carbocycles. The molecule has 0 atom stereocenters. The molecule has 0 bridgehead atoms. The number of anilines is 1. The molecular formula is C19H16N2O2S. The largest absolute Gasteiger partial charge is 0.455 e. The van der Waals surface area contributed by atoms with Gasteiger partial charge in [-0.2, -0.15) is 0 Å². The Labute approximate surface area is 144 Å². The lowest BCUT2D eigenvalue weighted by molar-refractivity contribution is 0.102. The molecule has 4 nitrogen and oxygen atoms in total. The molecule has 120 valence electrons. The van der Waals surface area contributed by atoms with E-state index in [-0.39, 0.29) is 5.91 Å². The second-order valence-corrected chi connectivity index (χ2v) is 5.78. The molecule has 1 heterocycles. The monoisotopic (exact) mass is 336 g/mol. The molecule has 3 aromatic rings. The molecule has 24 heavy (non-hydrogen) atoms. The SMILES string of the molecule is CSc1cc(C(=O)Nc2ccccc2Oc2ccccc2)ccn1. The summed E-state index contributed by atoms with van der Waals surface area (Å²) in [5, 5.41) is 3.70. The maximum absolute atomic E-state index is 12.5. The van der Waals surface area contributed by atoms with Gasteiger partial charge in [-0.1, -0.05) is 30.3 Å². The van der Waals surface area contributed by atoms with Crippen LogP contribution in [0, 0.1) is 0 Å². The quantitative estimate of drug-likeness (QED) is 0.677. The number of rotatable bonds is 5. The Morgan fingerprint density at radius 3 is 2.58 bits per heavy atom. The third-order valence-electron chi connectivity index (χ3n) is 3.31. The Morgan fingerprint density at radius 2 is 1.79 bits per heavy atom. The Morgan fingerprint density at radius 1 is 1.04 bits per heavy atom. The average molecular weight is 336 g/mol. The van der Waals surface area contributed by atoms with E-state index in [1.54, 1.807) is 18.3 Å². The lowest BCUT2D eigenvalue weighted by atomic mass is 10.2. The van der Waals surface area contributed by atoms with Crippen molar-refractivity contribution in [3.05, 3.63) is 78.5 Å². The highest BCUT2D eigenvalue weighted by Gasteiger charge is 2.11. The van der Waals surface area contributed by atoms with Gasteiger partial charge in [0.05, 0.1) is 10.7 Å². The van der Waals surface area contributed by atoms with E-state index in [1.807, 2.05) is 60.9 Å². The van der Waals surface area contributed by atoms with E-state index >= 15 is 0 Å². The van der Waals surface area contributed by atoms with Crippen molar-refractivity contribution in [1.82, 2.24) is 4.98 Å². The first-order chi connectivity index (χ1) is 11.8. The van der Waals surface area contributed by atoms with Crippen LogP contribution in [0.2, 0.25) is 0 Å². The third kappa shape index (κ3) is 3.94. The molecule has 0 spiro atoms. The zero-order chi connectivity index (χ0) is 16.8. The van der Waals surface area contributed by atoms with E-state index in [0.717, 1.165) is 5.03 Å². The molecular weight excluding hydrogens is 320 g/mol. The minimum atomic E-state index is -0.197. The number of carbonyl (C=O) groups is 1. The van der Waals surface area contributed by atoms with Gasteiger partial charge in [0.2, 0.25) is 0 Å². The number of ether oxygens (including phenoxy) is 1. The predicted octanol–water partition coefficient (Wildman–Crippen LogP) is 4.85. The number of thioether (sulfide) groups is 1. The highest BCUT2D eigenvalue weighted by Crippen LogP contribution is 2.29. The number of carbonyl (C=O) groups excluding carboxylic acids is 1. The highest BCUT2D eigenvalue weighted by atomic mass is 32.2. The standard InChI is InChI=1S/C19H16N2O2S/c1-24-18-13-14(11-12-20-18)19(22)21-16-9-5-6-10-17(16)23-15-7-3-2-4-8-15/h2-13H,1H3,(H,21,22). The van der Waals surface area contributed by atoms with Gasteiger partial charge in [0.1, 0.15) is 5.75 Å². The maximum atomic E-state index is 12.5. The first kappa shape index (κ1) is 16.1. The summed E-state index contributed by atoms with van der Waals surface area (Å²) in [7, 11) is 0. The van der Waals surface area contributed by atoms with Crippen molar-refractivity contribution in [2.24, 2.45) is 0 Å². The van der Waals surface area contributed by atoms with E-state index in [2.05, 4.69) is 10.3 Å². The molecule has 5 heteroatoms. The predicted molar refractivity (Wildman–Crippen MR) is 96.9 cm³/mol. The van der Waals surface area contributed by atoms with Gasteiger partial charge in [0.25, 0.3) is 5.91 Å². The molecule has 0 aliphatic carbocycles.